The number of amides is 2. The van der Waals surface area contributed by atoms with Crippen LogP contribution < -0.4 is 15.4 Å². The van der Waals surface area contributed by atoms with Crippen LogP contribution >= 0.6 is 0 Å². The van der Waals surface area contributed by atoms with E-state index in [1.165, 1.54) is 0 Å². The molecule has 0 atom stereocenters. The standard InChI is InChI=1S/C20H24N2O3/c1-3-4-12-25-18-10-8-16(9-11-18)20(24)22-14-15-6-5-7-17(13-15)19(23)21-2/h5-11,13H,3-4,12,14H2,1-2H3,(H,21,23)(H,22,24). The lowest BCUT2D eigenvalue weighted by molar-refractivity contribution is 0.0948. The number of benzene rings is 2. The Kier molecular flexibility index (Phi) is 7.01. The highest BCUT2D eigenvalue weighted by atomic mass is 16.5. The number of carbonyl (C=O) groups excluding carboxylic acids is 2. The molecule has 25 heavy (non-hydrogen) atoms. The van der Waals surface area contributed by atoms with E-state index in [9.17, 15) is 9.59 Å². The molecule has 2 aromatic carbocycles. The number of nitrogens with one attached hydrogen (secondary N) is 2. The molecular formula is C20H24N2O3. The van der Waals surface area contributed by atoms with E-state index in [0.29, 0.717) is 24.3 Å². The number of unbranched alkanes of at least 4 members (excludes halogenated alkanes) is 1. The Morgan fingerprint density at radius 2 is 1.76 bits per heavy atom. The summed E-state index contributed by atoms with van der Waals surface area (Å²) >= 11 is 0. The number of hydrogen-bond donors (Lipinski definition) is 2. The second-order valence-electron chi connectivity index (χ2n) is 5.69. The van der Waals surface area contributed by atoms with Crippen molar-refractivity contribution in [1.29, 1.82) is 0 Å². The fraction of sp³-hybridized carbons (Fsp3) is 0.300. The van der Waals surface area contributed by atoms with Gasteiger partial charge < -0.3 is 15.4 Å². The van der Waals surface area contributed by atoms with Crippen molar-refractivity contribution in [3.8, 4) is 5.75 Å². The molecule has 2 amide bonds. The molecule has 0 radical (unpaired) electrons. The van der Waals surface area contributed by atoms with Crippen molar-refractivity contribution in [1.82, 2.24) is 10.6 Å². The lowest BCUT2D eigenvalue weighted by atomic mass is 10.1. The molecule has 0 unspecified atom stereocenters. The summed E-state index contributed by atoms with van der Waals surface area (Å²) in [4.78, 5) is 23.9. The zero-order valence-corrected chi connectivity index (χ0v) is 14.7. The Bertz CT molecular complexity index is 711. The molecule has 0 saturated carbocycles. The summed E-state index contributed by atoms with van der Waals surface area (Å²) in [5.74, 6) is 0.459. The third kappa shape index (κ3) is 5.64. The van der Waals surface area contributed by atoms with Crippen LogP contribution in [0.3, 0.4) is 0 Å². The maximum atomic E-state index is 12.2. The molecule has 2 aromatic rings. The van der Waals surface area contributed by atoms with Gasteiger partial charge in [0, 0.05) is 24.7 Å². The van der Waals surface area contributed by atoms with E-state index in [0.717, 1.165) is 24.2 Å². The summed E-state index contributed by atoms with van der Waals surface area (Å²) < 4.78 is 5.59. The van der Waals surface area contributed by atoms with E-state index in [-0.39, 0.29) is 11.8 Å². The summed E-state index contributed by atoms with van der Waals surface area (Å²) in [6.45, 7) is 3.16. The molecule has 0 fully saturated rings. The second-order valence-corrected chi connectivity index (χ2v) is 5.69. The average molecular weight is 340 g/mol. The van der Waals surface area contributed by atoms with E-state index >= 15 is 0 Å². The van der Waals surface area contributed by atoms with Crippen LogP contribution in [-0.4, -0.2) is 25.5 Å². The molecule has 5 nitrogen and oxygen atoms in total. The lowest BCUT2D eigenvalue weighted by Gasteiger charge is -2.08. The zero-order chi connectivity index (χ0) is 18.1. The third-order valence-electron chi connectivity index (χ3n) is 3.75. The van der Waals surface area contributed by atoms with Gasteiger partial charge in [-0.05, 0) is 48.4 Å². The normalized spacial score (nSPS) is 10.2. The van der Waals surface area contributed by atoms with Gasteiger partial charge in [-0.25, -0.2) is 0 Å². The minimum Gasteiger partial charge on any atom is -0.494 e. The monoisotopic (exact) mass is 340 g/mol. The fourth-order valence-electron chi connectivity index (χ4n) is 2.29. The molecule has 0 heterocycles. The first-order valence-electron chi connectivity index (χ1n) is 8.46. The van der Waals surface area contributed by atoms with Crippen molar-refractivity contribution in [3.05, 3.63) is 65.2 Å². The molecule has 2 N–H and O–H groups in total. The predicted molar refractivity (Wildman–Crippen MR) is 97.8 cm³/mol. The first-order valence-corrected chi connectivity index (χ1v) is 8.46. The van der Waals surface area contributed by atoms with Gasteiger partial charge in [-0.3, -0.25) is 9.59 Å². The minimum atomic E-state index is -0.162. The Hall–Kier alpha value is -2.82. The number of carbonyl (C=O) groups is 2. The molecule has 0 aliphatic heterocycles. The predicted octanol–water partition coefficient (Wildman–Crippen LogP) is 3.16. The van der Waals surface area contributed by atoms with E-state index in [2.05, 4.69) is 17.6 Å². The maximum absolute atomic E-state index is 12.2. The smallest absolute Gasteiger partial charge is 0.251 e. The van der Waals surface area contributed by atoms with Crippen LogP contribution in [0.25, 0.3) is 0 Å². The zero-order valence-electron chi connectivity index (χ0n) is 14.7. The van der Waals surface area contributed by atoms with Crippen LogP contribution in [0.15, 0.2) is 48.5 Å². The molecule has 0 aromatic heterocycles. The van der Waals surface area contributed by atoms with Crippen LogP contribution in [0.5, 0.6) is 5.75 Å². The largest absolute Gasteiger partial charge is 0.494 e. The fourth-order valence-corrected chi connectivity index (χ4v) is 2.29. The third-order valence-corrected chi connectivity index (χ3v) is 3.75. The molecule has 0 bridgehead atoms. The van der Waals surface area contributed by atoms with Crippen molar-refractivity contribution < 1.29 is 14.3 Å². The van der Waals surface area contributed by atoms with Gasteiger partial charge in [0.05, 0.1) is 6.61 Å². The van der Waals surface area contributed by atoms with Gasteiger partial charge >= 0.3 is 0 Å². The molecule has 0 aliphatic carbocycles. The van der Waals surface area contributed by atoms with Gasteiger partial charge in [-0.15, -0.1) is 0 Å². The van der Waals surface area contributed by atoms with Gasteiger partial charge in [0.15, 0.2) is 0 Å². The molecule has 0 aliphatic rings. The van der Waals surface area contributed by atoms with Crippen molar-refractivity contribution in [2.24, 2.45) is 0 Å². The second kappa shape index (κ2) is 9.47. The molecule has 0 saturated heterocycles. The Morgan fingerprint density at radius 3 is 2.44 bits per heavy atom. The first kappa shape index (κ1) is 18.5. The van der Waals surface area contributed by atoms with E-state index in [1.807, 2.05) is 6.07 Å². The minimum absolute atomic E-state index is 0.146. The quantitative estimate of drug-likeness (QED) is 0.726. The van der Waals surface area contributed by atoms with E-state index < -0.39 is 0 Å². The van der Waals surface area contributed by atoms with Crippen molar-refractivity contribution >= 4 is 11.8 Å². The van der Waals surface area contributed by atoms with Crippen LogP contribution in [0.4, 0.5) is 0 Å². The van der Waals surface area contributed by atoms with E-state index in [1.54, 1.807) is 49.5 Å². The van der Waals surface area contributed by atoms with Crippen LogP contribution in [0, 0.1) is 0 Å². The summed E-state index contributed by atoms with van der Waals surface area (Å²) in [6.07, 6.45) is 2.10. The molecule has 2 rings (SSSR count). The van der Waals surface area contributed by atoms with E-state index in [4.69, 9.17) is 4.74 Å². The highest BCUT2D eigenvalue weighted by Gasteiger charge is 2.07. The van der Waals surface area contributed by atoms with Gasteiger partial charge in [-0.1, -0.05) is 25.5 Å². The van der Waals surface area contributed by atoms with Crippen molar-refractivity contribution in [2.75, 3.05) is 13.7 Å². The van der Waals surface area contributed by atoms with Gasteiger partial charge in [0.2, 0.25) is 0 Å². The Balaban J connectivity index is 1.90. The van der Waals surface area contributed by atoms with Crippen LogP contribution in [0.2, 0.25) is 0 Å². The van der Waals surface area contributed by atoms with Gasteiger partial charge in [0.25, 0.3) is 11.8 Å². The average Bonchev–Trinajstić information content (AvgIpc) is 2.66. The Labute approximate surface area is 148 Å². The van der Waals surface area contributed by atoms with Gasteiger partial charge in [0.1, 0.15) is 5.75 Å². The summed E-state index contributed by atoms with van der Waals surface area (Å²) in [7, 11) is 1.59. The number of rotatable bonds is 8. The highest BCUT2D eigenvalue weighted by Crippen LogP contribution is 2.13. The summed E-state index contributed by atoms with van der Waals surface area (Å²) in [6, 6.07) is 14.3. The van der Waals surface area contributed by atoms with Gasteiger partial charge in [-0.2, -0.15) is 0 Å². The van der Waals surface area contributed by atoms with Crippen molar-refractivity contribution in [3.63, 3.8) is 0 Å². The first-order chi connectivity index (χ1) is 12.1. The molecule has 132 valence electrons. The summed E-state index contributed by atoms with van der Waals surface area (Å²) in [5, 5.41) is 5.44. The van der Waals surface area contributed by atoms with Crippen molar-refractivity contribution in [2.45, 2.75) is 26.3 Å². The topological polar surface area (TPSA) is 67.4 Å². The van der Waals surface area contributed by atoms with Crippen LogP contribution in [-0.2, 0) is 6.54 Å². The number of hydrogen-bond acceptors (Lipinski definition) is 3. The van der Waals surface area contributed by atoms with Crippen LogP contribution in [0.1, 0.15) is 46.0 Å². The Morgan fingerprint density at radius 1 is 1.00 bits per heavy atom. The highest BCUT2D eigenvalue weighted by molar-refractivity contribution is 5.95. The SMILES string of the molecule is CCCCOc1ccc(C(=O)NCc2cccc(C(=O)NC)c2)cc1. The lowest BCUT2D eigenvalue weighted by Crippen LogP contribution is -2.23. The summed E-state index contributed by atoms with van der Waals surface area (Å²) in [5.41, 5.74) is 2.02. The number of ether oxygens (including phenoxy) is 1. The maximum Gasteiger partial charge on any atom is 0.251 e. The molecule has 5 heteroatoms. The molecular weight excluding hydrogens is 316 g/mol. The molecule has 0 spiro atoms.